The summed E-state index contributed by atoms with van der Waals surface area (Å²) >= 11 is 0. The molecule has 1 saturated carbocycles. The molecule has 12 heteroatoms. The first kappa shape index (κ1) is 29.0. The van der Waals surface area contributed by atoms with Gasteiger partial charge in [-0.1, -0.05) is 25.1 Å². The third-order valence-corrected chi connectivity index (χ3v) is 9.58. The molecule has 4 heterocycles. The van der Waals surface area contributed by atoms with Crippen molar-refractivity contribution >= 4 is 17.5 Å². The molecule has 4 aromatic rings. The molecule has 2 atom stereocenters. The van der Waals surface area contributed by atoms with Crippen LogP contribution in [-0.4, -0.2) is 41.3 Å². The second kappa shape index (κ2) is 10.7. The van der Waals surface area contributed by atoms with Gasteiger partial charge in [0.2, 0.25) is 5.91 Å². The zero-order valence-electron chi connectivity index (χ0n) is 25.0. The lowest BCUT2D eigenvalue weighted by molar-refractivity contribution is -0.138. The first-order chi connectivity index (χ1) is 21.5. The van der Waals surface area contributed by atoms with Gasteiger partial charge in [-0.3, -0.25) is 14.3 Å². The zero-order chi connectivity index (χ0) is 31.6. The van der Waals surface area contributed by atoms with E-state index in [4.69, 9.17) is 0 Å². The number of aryl methyl sites for hydroxylation is 1. The van der Waals surface area contributed by atoms with Crippen molar-refractivity contribution in [1.29, 1.82) is 0 Å². The van der Waals surface area contributed by atoms with Gasteiger partial charge in [0.25, 0.3) is 5.91 Å². The molecule has 0 saturated heterocycles. The van der Waals surface area contributed by atoms with E-state index >= 15 is 0 Å². The summed E-state index contributed by atoms with van der Waals surface area (Å²) in [5.41, 5.74) is 2.57. The number of hydrogen-bond donors (Lipinski definition) is 0. The maximum atomic E-state index is 14.6. The van der Waals surface area contributed by atoms with Gasteiger partial charge in [-0.05, 0) is 72.7 Å². The molecule has 1 fully saturated rings. The van der Waals surface area contributed by atoms with Crippen LogP contribution in [0.3, 0.4) is 0 Å². The van der Waals surface area contributed by atoms with E-state index in [1.54, 1.807) is 41.2 Å². The Bertz CT molecular complexity index is 1840. The minimum absolute atomic E-state index is 0.0297. The van der Waals surface area contributed by atoms with E-state index in [2.05, 4.69) is 21.9 Å². The van der Waals surface area contributed by atoms with Gasteiger partial charge in [-0.15, -0.1) is 10.2 Å². The van der Waals surface area contributed by atoms with Crippen LogP contribution in [0, 0.1) is 5.92 Å². The molecule has 2 aromatic heterocycles. The van der Waals surface area contributed by atoms with Crippen molar-refractivity contribution in [2.45, 2.75) is 64.0 Å². The Hall–Kier alpha value is -4.74. The van der Waals surface area contributed by atoms with Crippen LogP contribution >= 0.6 is 0 Å². The second-order valence-electron chi connectivity index (χ2n) is 12.2. The number of alkyl halides is 3. The summed E-state index contributed by atoms with van der Waals surface area (Å²) in [6, 6.07) is 9.59. The molecule has 0 unspecified atom stereocenters. The molecule has 1 aliphatic carbocycles. The highest BCUT2D eigenvalue weighted by Crippen LogP contribution is 2.45. The fraction of sp³-hybridized carbons (Fsp3) is 0.364. The Balaban J connectivity index is 1.23. The highest BCUT2D eigenvalue weighted by atomic mass is 19.4. The number of aromatic nitrogens is 5. The van der Waals surface area contributed by atoms with Gasteiger partial charge >= 0.3 is 6.18 Å². The van der Waals surface area contributed by atoms with E-state index in [-0.39, 0.29) is 36.0 Å². The Morgan fingerprint density at radius 3 is 2.58 bits per heavy atom. The van der Waals surface area contributed by atoms with Crippen molar-refractivity contribution < 1.29 is 22.8 Å². The molecule has 0 N–H and O–H groups in total. The Kier molecular flexibility index (Phi) is 6.90. The van der Waals surface area contributed by atoms with Crippen LogP contribution in [0.2, 0.25) is 0 Å². The smallest absolute Gasteiger partial charge is 0.329 e. The van der Waals surface area contributed by atoms with Crippen molar-refractivity contribution in [1.82, 2.24) is 29.4 Å². The van der Waals surface area contributed by atoms with Crippen LogP contribution in [0.25, 0.3) is 0 Å². The number of rotatable bonds is 7. The van der Waals surface area contributed by atoms with Crippen LogP contribution < -0.4 is 4.90 Å². The average molecular weight is 616 g/mol. The lowest BCUT2D eigenvalue weighted by Gasteiger charge is -2.33. The Labute approximate surface area is 258 Å². The van der Waals surface area contributed by atoms with Crippen molar-refractivity contribution in [3.63, 3.8) is 0 Å². The molecular formula is C33H32F3N7O2. The molecule has 3 aliphatic rings. The van der Waals surface area contributed by atoms with Gasteiger partial charge in [0.15, 0.2) is 0 Å². The number of nitrogens with zero attached hydrogens (tertiary/aromatic N) is 7. The SMILES string of the molecule is C=CC(=O)N1Cc2cnn([C@@H](C)c3cc4c(c(C(F)(F)F)c3)CN(c3cccc([C@H](c5nncn5C)C5CCC5)c3)C4=O)c2C1. The summed E-state index contributed by atoms with van der Waals surface area (Å²) < 4.78 is 47.2. The number of amides is 2. The molecule has 2 aromatic carbocycles. The summed E-state index contributed by atoms with van der Waals surface area (Å²) in [5, 5.41) is 12.9. The van der Waals surface area contributed by atoms with Gasteiger partial charge < -0.3 is 14.4 Å². The minimum atomic E-state index is -4.67. The summed E-state index contributed by atoms with van der Waals surface area (Å²) in [6.45, 7) is 5.74. The largest absolute Gasteiger partial charge is 0.416 e. The molecule has 2 aliphatic heterocycles. The number of carbonyl (C=O) groups excluding carboxylic acids is 2. The molecule has 45 heavy (non-hydrogen) atoms. The lowest BCUT2D eigenvalue weighted by Crippen LogP contribution is -2.26. The molecule has 0 spiro atoms. The van der Waals surface area contributed by atoms with Crippen LogP contribution in [0.4, 0.5) is 18.9 Å². The van der Waals surface area contributed by atoms with Crippen molar-refractivity contribution in [3.05, 3.63) is 106 Å². The average Bonchev–Trinajstić information content (AvgIpc) is 3.77. The highest BCUT2D eigenvalue weighted by molar-refractivity contribution is 6.10. The number of hydrogen-bond acceptors (Lipinski definition) is 5. The number of halogens is 3. The van der Waals surface area contributed by atoms with E-state index in [0.29, 0.717) is 23.7 Å². The van der Waals surface area contributed by atoms with E-state index in [1.807, 2.05) is 29.8 Å². The number of anilines is 1. The summed E-state index contributed by atoms with van der Waals surface area (Å²) in [6.07, 6.45) is 3.10. The lowest BCUT2D eigenvalue weighted by atomic mass is 9.72. The normalized spacial score (nSPS) is 17.7. The van der Waals surface area contributed by atoms with E-state index in [9.17, 15) is 22.8 Å². The van der Waals surface area contributed by atoms with Gasteiger partial charge in [-0.25, -0.2) is 0 Å². The Morgan fingerprint density at radius 2 is 1.91 bits per heavy atom. The molecule has 9 nitrogen and oxygen atoms in total. The van der Waals surface area contributed by atoms with E-state index in [1.165, 1.54) is 11.0 Å². The van der Waals surface area contributed by atoms with Crippen LogP contribution in [0.5, 0.6) is 0 Å². The minimum Gasteiger partial charge on any atom is -0.329 e. The standard InChI is InChI=1S/C33H32F3N7O2/c1-4-29(44)41-15-23-14-38-43(28(23)17-41)19(2)22-12-25-26(27(13-22)33(34,35)36)16-42(32(25)45)24-10-6-9-21(11-24)30(20-7-5-8-20)31-39-37-18-40(31)3/h4,6,9-14,18-20,30H,1,5,7-8,15-17H2,2-3H3/t19-,30+/m0/s1. The Morgan fingerprint density at radius 1 is 1.11 bits per heavy atom. The predicted molar refractivity (Wildman–Crippen MR) is 159 cm³/mol. The van der Waals surface area contributed by atoms with Gasteiger partial charge in [-0.2, -0.15) is 18.3 Å². The van der Waals surface area contributed by atoms with Crippen molar-refractivity contribution in [2.75, 3.05) is 4.90 Å². The number of fused-ring (bicyclic) bond motifs is 2. The fourth-order valence-corrected chi connectivity index (χ4v) is 6.93. The van der Waals surface area contributed by atoms with Crippen LogP contribution in [0.1, 0.15) is 87.8 Å². The highest BCUT2D eigenvalue weighted by Gasteiger charge is 2.42. The van der Waals surface area contributed by atoms with E-state index in [0.717, 1.165) is 48.0 Å². The summed E-state index contributed by atoms with van der Waals surface area (Å²) in [5.74, 6) is 0.466. The van der Waals surface area contributed by atoms with E-state index < -0.39 is 23.7 Å². The molecule has 2 amide bonds. The van der Waals surface area contributed by atoms with Gasteiger partial charge in [0.1, 0.15) is 12.2 Å². The number of carbonyl (C=O) groups is 2. The molecule has 0 bridgehead atoms. The molecule has 232 valence electrons. The number of benzene rings is 2. The van der Waals surface area contributed by atoms with Crippen molar-refractivity contribution in [2.24, 2.45) is 13.0 Å². The topological polar surface area (TPSA) is 89.2 Å². The van der Waals surface area contributed by atoms with Crippen molar-refractivity contribution in [3.8, 4) is 0 Å². The van der Waals surface area contributed by atoms with Gasteiger partial charge in [0, 0.05) is 36.3 Å². The van der Waals surface area contributed by atoms with Crippen LogP contribution in [0.15, 0.2) is 61.6 Å². The fourth-order valence-electron chi connectivity index (χ4n) is 6.93. The maximum Gasteiger partial charge on any atom is 0.416 e. The summed E-state index contributed by atoms with van der Waals surface area (Å²) in [7, 11) is 1.90. The zero-order valence-corrected chi connectivity index (χ0v) is 25.0. The first-order valence-electron chi connectivity index (χ1n) is 15.0. The second-order valence-corrected chi connectivity index (χ2v) is 12.2. The predicted octanol–water partition coefficient (Wildman–Crippen LogP) is 5.76. The quantitative estimate of drug-likeness (QED) is 0.247. The van der Waals surface area contributed by atoms with Crippen LogP contribution in [-0.2, 0) is 37.7 Å². The molecule has 0 radical (unpaired) electrons. The third kappa shape index (κ3) is 4.83. The monoisotopic (exact) mass is 615 g/mol. The third-order valence-electron chi connectivity index (χ3n) is 9.58. The maximum absolute atomic E-state index is 14.6. The summed E-state index contributed by atoms with van der Waals surface area (Å²) in [4.78, 5) is 29.1. The first-order valence-corrected chi connectivity index (χ1v) is 15.0. The molecular weight excluding hydrogens is 583 g/mol. The van der Waals surface area contributed by atoms with Gasteiger partial charge in [0.05, 0.1) is 36.6 Å². The molecule has 7 rings (SSSR count).